The predicted molar refractivity (Wildman–Crippen MR) is 98.8 cm³/mol. The molecule has 0 N–H and O–H groups in total. The molecule has 1 aromatic carbocycles. The van der Waals surface area contributed by atoms with Crippen LogP contribution in [0.1, 0.15) is 31.2 Å². The lowest BCUT2D eigenvalue weighted by atomic mass is 9.78. The van der Waals surface area contributed by atoms with E-state index < -0.39 is 23.9 Å². The zero-order chi connectivity index (χ0) is 17.6. The second-order valence-electron chi connectivity index (χ2n) is 7.83. The smallest absolute Gasteiger partial charge is 0.264 e. The molecular formula is C18H27NO3SSi. The van der Waals surface area contributed by atoms with Crippen molar-refractivity contribution in [1.82, 2.24) is 4.31 Å². The fourth-order valence-electron chi connectivity index (χ4n) is 3.54. The highest BCUT2D eigenvalue weighted by atomic mass is 32.2. The first-order valence-electron chi connectivity index (χ1n) is 8.64. The van der Waals surface area contributed by atoms with E-state index in [1.807, 2.05) is 19.1 Å². The molecular weight excluding hydrogens is 338 g/mol. The van der Waals surface area contributed by atoms with E-state index in [9.17, 15) is 8.42 Å². The average Bonchev–Trinajstić information content (AvgIpc) is 2.93. The number of hydrogen-bond donors (Lipinski definition) is 0. The maximum Gasteiger partial charge on any atom is 0.264 e. The van der Waals surface area contributed by atoms with Crippen LogP contribution in [0.3, 0.4) is 0 Å². The molecule has 2 aliphatic rings. The van der Waals surface area contributed by atoms with Gasteiger partial charge >= 0.3 is 0 Å². The van der Waals surface area contributed by atoms with Crippen LogP contribution in [0.25, 0.3) is 0 Å². The van der Waals surface area contributed by atoms with E-state index in [-0.39, 0.29) is 0 Å². The zero-order valence-electron chi connectivity index (χ0n) is 15.0. The van der Waals surface area contributed by atoms with Crippen LogP contribution in [0.2, 0.25) is 19.6 Å². The van der Waals surface area contributed by atoms with Crippen molar-refractivity contribution in [3.05, 3.63) is 41.6 Å². The molecule has 1 aliphatic heterocycles. The Morgan fingerprint density at radius 3 is 2.25 bits per heavy atom. The molecule has 6 heteroatoms. The minimum atomic E-state index is -3.52. The van der Waals surface area contributed by atoms with Gasteiger partial charge in [0.25, 0.3) is 10.0 Å². The highest BCUT2D eigenvalue weighted by Crippen LogP contribution is 2.47. The summed E-state index contributed by atoms with van der Waals surface area (Å²) in [5.41, 5.74) is 1.54. The number of sulfonamides is 1. The Morgan fingerprint density at radius 2 is 1.75 bits per heavy atom. The number of rotatable bonds is 5. The summed E-state index contributed by atoms with van der Waals surface area (Å²) < 4.78 is 34.4. The van der Waals surface area contributed by atoms with Gasteiger partial charge in [-0.25, -0.2) is 8.42 Å². The third kappa shape index (κ3) is 3.19. The Morgan fingerprint density at radius 1 is 1.12 bits per heavy atom. The summed E-state index contributed by atoms with van der Waals surface area (Å²) in [6.07, 6.45) is 5.77. The van der Waals surface area contributed by atoms with Crippen LogP contribution >= 0.6 is 0 Å². The predicted octanol–water partition coefficient (Wildman–Crippen LogP) is 4.05. The molecule has 0 radical (unpaired) electrons. The second-order valence-corrected chi connectivity index (χ2v) is 14.1. The Labute approximate surface area is 146 Å². The molecule has 132 valence electrons. The van der Waals surface area contributed by atoms with Crippen LogP contribution in [0.4, 0.5) is 0 Å². The molecule has 1 fully saturated rings. The molecule has 3 rings (SSSR count). The maximum atomic E-state index is 13.1. The van der Waals surface area contributed by atoms with E-state index in [2.05, 4.69) is 25.7 Å². The van der Waals surface area contributed by atoms with Gasteiger partial charge in [-0.1, -0.05) is 23.8 Å². The van der Waals surface area contributed by atoms with Gasteiger partial charge in [-0.3, -0.25) is 4.31 Å². The van der Waals surface area contributed by atoms with E-state index in [0.29, 0.717) is 11.4 Å². The minimum absolute atomic E-state index is 0.364. The largest absolute Gasteiger partial charge is 0.407 e. The van der Waals surface area contributed by atoms with Crippen molar-refractivity contribution in [2.45, 2.75) is 62.7 Å². The number of hydrogen-bond acceptors (Lipinski definition) is 3. The summed E-state index contributed by atoms with van der Waals surface area (Å²) >= 11 is 0. The zero-order valence-corrected chi connectivity index (χ0v) is 16.8. The first-order valence-corrected chi connectivity index (χ1v) is 13.5. The van der Waals surface area contributed by atoms with Crippen molar-refractivity contribution in [2.75, 3.05) is 6.54 Å². The van der Waals surface area contributed by atoms with Crippen LogP contribution in [-0.2, 0) is 14.4 Å². The molecule has 1 saturated carbocycles. The molecule has 0 bridgehead atoms. The van der Waals surface area contributed by atoms with Crippen molar-refractivity contribution in [2.24, 2.45) is 0 Å². The Balaban J connectivity index is 1.94. The first kappa shape index (κ1) is 17.7. The van der Waals surface area contributed by atoms with E-state index >= 15 is 0 Å². The van der Waals surface area contributed by atoms with Gasteiger partial charge in [0.1, 0.15) is 0 Å². The van der Waals surface area contributed by atoms with Crippen LogP contribution in [-0.4, -0.2) is 33.2 Å². The standard InChI is InChI=1S/C18H27NO3SSi/c1-15-8-10-16(11-9-15)23(20,21)19-14-5-7-17(19)18(12-6-13-18)22-24(2,3)4/h7-11H,5-6,12-14H2,1-4H3. The summed E-state index contributed by atoms with van der Waals surface area (Å²) in [7, 11) is -5.29. The quantitative estimate of drug-likeness (QED) is 0.740. The molecule has 4 nitrogen and oxygen atoms in total. The molecule has 0 amide bonds. The summed E-state index contributed by atoms with van der Waals surface area (Å²) in [6.45, 7) is 8.98. The van der Waals surface area contributed by atoms with Crippen LogP contribution < -0.4 is 0 Å². The lowest BCUT2D eigenvalue weighted by Crippen LogP contribution is -2.52. The van der Waals surface area contributed by atoms with Gasteiger partial charge in [0.05, 0.1) is 16.2 Å². The monoisotopic (exact) mass is 365 g/mol. The topological polar surface area (TPSA) is 46.6 Å². The summed E-state index contributed by atoms with van der Waals surface area (Å²) in [5, 5.41) is 0. The SMILES string of the molecule is Cc1ccc(S(=O)(=O)N2CCC=C2C2(O[Si](C)(C)C)CCC2)cc1. The molecule has 0 aromatic heterocycles. The van der Waals surface area contributed by atoms with Gasteiger partial charge in [-0.15, -0.1) is 0 Å². The van der Waals surface area contributed by atoms with Gasteiger partial charge in [-0.05, 0) is 64.4 Å². The van der Waals surface area contributed by atoms with Crippen molar-refractivity contribution in [3.63, 3.8) is 0 Å². The average molecular weight is 366 g/mol. The minimum Gasteiger partial charge on any atom is -0.407 e. The fourth-order valence-corrected chi connectivity index (χ4v) is 6.60. The van der Waals surface area contributed by atoms with Crippen molar-refractivity contribution in [3.8, 4) is 0 Å². The van der Waals surface area contributed by atoms with E-state index in [1.165, 1.54) is 0 Å². The summed E-state index contributed by atoms with van der Waals surface area (Å²) in [6, 6.07) is 7.11. The highest BCUT2D eigenvalue weighted by molar-refractivity contribution is 7.89. The maximum absolute atomic E-state index is 13.1. The Hall–Kier alpha value is -1.11. The highest BCUT2D eigenvalue weighted by Gasteiger charge is 2.49. The normalized spacial score (nSPS) is 20.7. The third-order valence-electron chi connectivity index (χ3n) is 4.68. The lowest BCUT2D eigenvalue weighted by molar-refractivity contribution is 0.00750. The number of nitrogens with zero attached hydrogens (tertiary/aromatic N) is 1. The first-order chi connectivity index (χ1) is 11.1. The van der Waals surface area contributed by atoms with Gasteiger partial charge in [-0.2, -0.15) is 0 Å². The van der Waals surface area contributed by atoms with Crippen LogP contribution in [0, 0.1) is 6.92 Å². The Kier molecular flexibility index (Phi) is 4.43. The second kappa shape index (κ2) is 6.00. The van der Waals surface area contributed by atoms with Crippen molar-refractivity contribution >= 4 is 18.3 Å². The fraction of sp³-hybridized carbons (Fsp3) is 0.556. The van der Waals surface area contributed by atoms with Crippen LogP contribution in [0.15, 0.2) is 40.9 Å². The van der Waals surface area contributed by atoms with Gasteiger partial charge < -0.3 is 4.43 Å². The summed E-state index contributed by atoms with van der Waals surface area (Å²) in [5.74, 6) is 0. The van der Waals surface area contributed by atoms with Crippen molar-refractivity contribution in [1.29, 1.82) is 0 Å². The molecule has 1 heterocycles. The molecule has 24 heavy (non-hydrogen) atoms. The molecule has 0 atom stereocenters. The van der Waals surface area contributed by atoms with Gasteiger partial charge in [0, 0.05) is 6.54 Å². The van der Waals surface area contributed by atoms with Crippen LogP contribution in [0.5, 0.6) is 0 Å². The van der Waals surface area contributed by atoms with Gasteiger partial charge in [0.2, 0.25) is 0 Å². The van der Waals surface area contributed by atoms with E-state index in [4.69, 9.17) is 4.43 Å². The molecule has 1 aromatic rings. The molecule has 0 unspecified atom stereocenters. The number of aryl methyl sites for hydroxylation is 1. The summed E-state index contributed by atoms with van der Waals surface area (Å²) in [4.78, 5) is 0.364. The third-order valence-corrected chi connectivity index (χ3v) is 7.51. The van der Waals surface area contributed by atoms with E-state index in [1.54, 1.807) is 16.4 Å². The molecule has 0 spiro atoms. The van der Waals surface area contributed by atoms with Crippen molar-refractivity contribution < 1.29 is 12.8 Å². The molecule has 1 aliphatic carbocycles. The number of benzene rings is 1. The lowest BCUT2D eigenvalue weighted by Gasteiger charge is -2.48. The van der Waals surface area contributed by atoms with E-state index in [0.717, 1.165) is 36.9 Å². The molecule has 0 saturated heterocycles. The van der Waals surface area contributed by atoms with Gasteiger partial charge in [0.15, 0.2) is 8.32 Å². The Bertz CT molecular complexity index is 743.